The molecule has 50 heavy (non-hydrogen) atoms. The molecule has 0 saturated heterocycles. The van der Waals surface area contributed by atoms with Crippen LogP contribution in [0.1, 0.15) is 56.0 Å². The van der Waals surface area contributed by atoms with Gasteiger partial charge < -0.3 is 20.5 Å². The van der Waals surface area contributed by atoms with Gasteiger partial charge in [0, 0.05) is 28.9 Å². The highest BCUT2D eigenvalue weighted by Gasteiger charge is 2.23. The van der Waals surface area contributed by atoms with Crippen molar-refractivity contribution in [2.45, 2.75) is 17.6 Å². The zero-order chi connectivity index (χ0) is 36.6. The van der Waals surface area contributed by atoms with Crippen LogP contribution in [0, 0.1) is 11.3 Å². The zero-order valence-electron chi connectivity index (χ0n) is 27.0. The number of aromatic carboxylic acids is 1. The van der Waals surface area contributed by atoms with Crippen LogP contribution in [0.15, 0.2) is 91.5 Å². The first kappa shape index (κ1) is 37.7. The minimum atomic E-state index is -1.81. The first-order valence-corrected chi connectivity index (χ1v) is 16.3. The number of halogens is 3. The summed E-state index contributed by atoms with van der Waals surface area (Å²) in [5.74, 6) is -2.31. The number of amidine groups is 1. The SMILES string of the molecule is C=Cc1ccc(-c2ccc(-c3ccc(C(=O)NCC(C)C)cc3C(=O)O)c(C(=O)Nc3ccc(C(=N)NC(=O)OCC(Cl)(Cl)Cl)cc3)c2)cc1. The topological polar surface area (TPSA) is 158 Å². The van der Waals surface area contributed by atoms with Gasteiger partial charge in [0.25, 0.3) is 11.8 Å². The van der Waals surface area contributed by atoms with E-state index in [2.05, 4.69) is 22.5 Å². The van der Waals surface area contributed by atoms with Crippen LogP contribution < -0.4 is 16.0 Å². The van der Waals surface area contributed by atoms with Gasteiger partial charge >= 0.3 is 12.1 Å². The van der Waals surface area contributed by atoms with E-state index in [1.807, 2.05) is 38.1 Å². The van der Waals surface area contributed by atoms with Crippen LogP contribution in [-0.4, -0.2) is 51.8 Å². The lowest BCUT2D eigenvalue weighted by molar-refractivity contribution is 0.0697. The molecule has 0 radical (unpaired) electrons. The maximum absolute atomic E-state index is 13.9. The van der Waals surface area contributed by atoms with Crippen molar-refractivity contribution in [3.8, 4) is 22.3 Å². The van der Waals surface area contributed by atoms with Crippen LogP contribution in [0.2, 0.25) is 0 Å². The smallest absolute Gasteiger partial charge is 0.412 e. The van der Waals surface area contributed by atoms with Crippen molar-refractivity contribution in [3.05, 3.63) is 119 Å². The standard InChI is InChI=1S/C37H33Cl3N4O6/c1-4-22-5-7-23(8-6-22)25-11-15-28(29-16-12-26(18-31(29)35(47)48)33(45)42-19-21(2)3)30(17-25)34(46)43-27-13-9-24(10-14-27)32(41)44-36(49)50-20-37(38,39)40/h4-18,21H,1,19-20H2,2-3H3,(H,42,45)(H,43,46)(H,47,48)(H2,41,44,49). The molecule has 4 aromatic carbocycles. The maximum Gasteiger partial charge on any atom is 0.412 e. The van der Waals surface area contributed by atoms with Crippen LogP contribution >= 0.6 is 34.8 Å². The zero-order valence-corrected chi connectivity index (χ0v) is 29.2. The highest BCUT2D eigenvalue weighted by molar-refractivity contribution is 6.67. The van der Waals surface area contributed by atoms with E-state index in [9.17, 15) is 24.3 Å². The number of alkyl carbamates (subject to hydrolysis) is 1. The number of benzene rings is 4. The Bertz CT molecular complexity index is 1940. The molecule has 0 saturated carbocycles. The predicted molar refractivity (Wildman–Crippen MR) is 198 cm³/mol. The van der Waals surface area contributed by atoms with Gasteiger partial charge in [0.05, 0.1) is 5.56 Å². The molecule has 0 aliphatic carbocycles. The van der Waals surface area contributed by atoms with E-state index in [1.165, 1.54) is 42.5 Å². The molecule has 5 N–H and O–H groups in total. The van der Waals surface area contributed by atoms with Crippen molar-refractivity contribution in [1.82, 2.24) is 10.6 Å². The largest absolute Gasteiger partial charge is 0.478 e. The molecule has 0 aliphatic rings. The number of rotatable bonds is 11. The lowest BCUT2D eigenvalue weighted by atomic mass is 9.90. The molecule has 10 nitrogen and oxygen atoms in total. The second kappa shape index (κ2) is 16.5. The number of nitrogens with one attached hydrogen (secondary N) is 4. The van der Waals surface area contributed by atoms with E-state index < -0.39 is 34.3 Å². The number of alkyl halides is 3. The Morgan fingerprint density at radius 2 is 1.44 bits per heavy atom. The summed E-state index contributed by atoms with van der Waals surface area (Å²) in [4.78, 5) is 51.1. The maximum atomic E-state index is 13.9. The van der Waals surface area contributed by atoms with Crippen molar-refractivity contribution in [2.75, 3.05) is 18.5 Å². The average molecular weight is 736 g/mol. The van der Waals surface area contributed by atoms with Gasteiger partial charge in [0.15, 0.2) is 0 Å². The molecule has 0 aliphatic heterocycles. The van der Waals surface area contributed by atoms with E-state index >= 15 is 0 Å². The number of carboxylic acid groups (broad SMARTS) is 1. The Hall–Kier alpha value is -5.16. The van der Waals surface area contributed by atoms with Crippen molar-refractivity contribution < 1.29 is 29.0 Å². The highest BCUT2D eigenvalue weighted by atomic mass is 35.6. The van der Waals surface area contributed by atoms with Gasteiger partial charge in [0.2, 0.25) is 3.79 Å². The van der Waals surface area contributed by atoms with Gasteiger partial charge in [-0.1, -0.05) is 104 Å². The van der Waals surface area contributed by atoms with Crippen molar-refractivity contribution in [2.24, 2.45) is 5.92 Å². The Morgan fingerprint density at radius 3 is 2.04 bits per heavy atom. The normalized spacial score (nSPS) is 11.0. The molecule has 0 spiro atoms. The summed E-state index contributed by atoms with van der Waals surface area (Å²) in [6, 6.07) is 23.1. The van der Waals surface area contributed by atoms with Gasteiger partial charge in [-0.3, -0.25) is 20.3 Å². The molecule has 0 atom stereocenters. The van der Waals surface area contributed by atoms with Crippen LogP contribution in [0.4, 0.5) is 10.5 Å². The number of hydrogen-bond donors (Lipinski definition) is 5. The van der Waals surface area contributed by atoms with Crippen LogP contribution in [0.3, 0.4) is 0 Å². The number of carbonyl (C=O) groups excluding carboxylic acids is 3. The molecule has 3 amide bonds. The number of hydrogen-bond acceptors (Lipinski definition) is 6. The Balaban J connectivity index is 1.67. The van der Waals surface area contributed by atoms with Crippen LogP contribution in [0.25, 0.3) is 28.3 Å². The summed E-state index contributed by atoms with van der Waals surface area (Å²) >= 11 is 16.7. The fourth-order valence-corrected chi connectivity index (χ4v) is 4.89. The fourth-order valence-electron chi connectivity index (χ4n) is 4.73. The number of carbonyl (C=O) groups is 4. The van der Waals surface area contributed by atoms with Crippen LogP contribution in [-0.2, 0) is 4.74 Å². The first-order chi connectivity index (χ1) is 23.6. The summed E-state index contributed by atoms with van der Waals surface area (Å²) in [5.41, 5.74) is 3.85. The lowest BCUT2D eigenvalue weighted by Gasteiger charge is -2.16. The summed E-state index contributed by atoms with van der Waals surface area (Å²) < 4.78 is 2.97. The number of amides is 3. The van der Waals surface area contributed by atoms with E-state index in [1.54, 1.807) is 24.3 Å². The fraction of sp³-hybridized carbons (Fsp3) is 0.162. The summed E-state index contributed by atoms with van der Waals surface area (Å²) in [5, 5.41) is 26.2. The van der Waals surface area contributed by atoms with Gasteiger partial charge in [-0.25, -0.2) is 9.59 Å². The molecule has 0 bridgehead atoms. The minimum absolute atomic E-state index is 0.151. The van der Waals surface area contributed by atoms with Gasteiger partial charge in [0.1, 0.15) is 12.4 Å². The van der Waals surface area contributed by atoms with Gasteiger partial charge in [-0.05, 0) is 76.2 Å². The number of carboxylic acids is 1. The minimum Gasteiger partial charge on any atom is -0.478 e. The molecule has 13 heteroatoms. The summed E-state index contributed by atoms with van der Waals surface area (Å²) in [7, 11) is 0. The Kier molecular flexibility index (Phi) is 12.4. The molecule has 4 aromatic rings. The molecule has 258 valence electrons. The Labute approximate surface area is 303 Å². The number of anilines is 1. The summed E-state index contributed by atoms with van der Waals surface area (Å²) in [6.07, 6.45) is 0.725. The van der Waals surface area contributed by atoms with Crippen molar-refractivity contribution in [1.29, 1.82) is 5.41 Å². The van der Waals surface area contributed by atoms with E-state index in [4.69, 9.17) is 44.9 Å². The monoisotopic (exact) mass is 734 g/mol. The molecule has 0 aromatic heterocycles. The first-order valence-electron chi connectivity index (χ1n) is 15.2. The quantitative estimate of drug-likeness (QED) is 0.0591. The van der Waals surface area contributed by atoms with Gasteiger partial charge in [-0.15, -0.1) is 0 Å². The average Bonchev–Trinajstić information content (AvgIpc) is 3.09. The molecule has 4 rings (SSSR count). The second-order valence-corrected chi connectivity index (χ2v) is 14.0. The van der Waals surface area contributed by atoms with Gasteiger partial charge in [-0.2, -0.15) is 0 Å². The predicted octanol–water partition coefficient (Wildman–Crippen LogP) is 8.42. The molecule has 0 fully saturated rings. The molecule has 0 unspecified atom stereocenters. The third kappa shape index (κ3) is 10.2. The lowest BCUT2D eigenvalue weighted by Crippen LogP contribution is -2.33. The highest BCUT2D eigenvalue weighted by Crippen LogP contribution is 2.33. The number of ether oxygens (including phenoxy) is 1. The molecule has 0 heterocycles. The van der Waals surface area contributed by atoms with Crippen molar-refractivity contribution in [3.63, 3.8) is 0 Å². The van der Waals surface area contributed by atoms with E-state index in [0.29, 0.717) is 28.9 Å². The van der Waals surface area contributed by atoms with Crippen molar-refractivity contribution >= 4 is 76.3 Å². The molecular weight excluding hydrogens is 703 g/mol. The third-order valence-electron chi connectivity index (χ3n) is 7.24. The summed E-state index contributed by atoms with van der Waals surface area (Å²) in [6.45, 7) is 7.58. The van der Waals surface area contributed by atoms with Crippen LogP contribution in [0.5, 0.6) is 0 Å². The van der Waals surface area contributed by atoms with E-state index in [-0.39, 0.29) is 34.0 Å². The Morgan fingerprint density at radius 1 is 0.840 bits per heavy atom. The second-order valence-electron chi connectivity index (χ2n) is 11.5. The van der Waals surface area contributed by atoms with E-state index in [0.717, 1.165) is 11.1 Å². The molecular formula is C37H33Cl3N4O6. The third-order valence-corrected chi connectivity index (χ3v) is 7.57.